The third-order valence-electron chi connectivity index (χ3n) is 5.58. The van der Waals surface area contributed by atoms with Crippen molar-refractivity contribution in [2.24, 2.45) is 0 Å². The molecule has 146 valence electrons. The van der Waals surface area contributed by atoms with Crippen LogP contribution in [0, 0.1) is 6.92 Å². The zero-order chi connectivity index (χ0) is 20.2. The first-order valence-corrected chi connectivity index (χ1v) is 10.9. The Morgan fingerprint density at radius 3 is 2.48 bits per heavy atom. The summed E-state index contributed by atoms with van der Waals surface area (Å²) < 4.78 is 33.8. The summed E-state index contributed by atoms with van der Waals surface area (Å²) >= 11 is 0. The molecule has 3 aromatic rings. The van der Waals surface area contributed by atoms with E-state index in [1.807, 2.05) is 49.4 Å². The Balaban J connectivity index is 1.63. The number of sulfonamides is 1. The van der Waals surface area contributed by atoms with Gasteiger partial charge < -0.3 is 4.74 Å². The summed E-state index contributed by atoms with van der Waals surface area (Å²) in [5.41, 5.74) is 2.69. The second-order valence-electron chi connectivity index (χ2n) is 7.36. The molecule has 0 amide bonds. The van der Waals surface area contributed by atoms with Crippen molar-refractivity contribution in [3.05, 3.63) is 89.1 Å². The van der Waals surface area contributed by atoms with E-state index < -0.39 is 22.1 Å². The van der Waals surface area contributed by atoms with Crippen molar-refractivity contribution in [3.8, 4) is 0 Å². The third kappa shape index (κ3) is 2.75. The van der Waals surface area contributed by atoms with Crippen molar-refractivity contribution < 1.29 is 17.9 Å². The maximum atomic E-state index is 13.4. The molecule has 0 saturated heterocycles. The van der Waals surface area contributed by atoms with Crippen LogP contribution in [0.2, 0.25) is 0 Å². The molecule has 0 fully saturated rings. The summed E-state index contributed by atoms with van der Waals surface area (Å²) in [6.07, 6.45) is -0.369. The minimum absolute atomic E-state index is 0.216. The van der Waals surface area contributed by atoms with E-state index in [9.17, 15) is 13.2 Å². The number of aryl methyl sites for hydroxylation is 1. The lowest BCUT2D eigenvalue weighted by atomic mass is 9.98. The zero-order valence-electron chi connectivity index (χ0n) is 15.8. The molecule has 0 N–H and O–H groups in total. The summed E-state index contributed by atoms with van der Waals surface area (Å²) in [7, 11) is -3.78. The van der Waals surface area contributed by atoms with Crippen LogP contribution in [0.1, 0.15) is 23.7 Å². The highest BCUT2D eigenvalue weighted by Gasteiger charge is 2.46. The normalized spacial score (nSPS) is 19.0. The highest BCUT2D eigenvalue weighted by molar-refractivity contribution is 7.89. The molecular weight excluding hydrogens is 386 g/mol. The fourth-order valence-corrected chi connectivity index (χ4v) is 5.65. The fourth-order valence-electron chi connectivity index (χ4n) is 4.12. The predicted molar refractivity (Wildman–Crippen MR) is 109 cm³/mol. The fraction of sp³-hybridized carbons (Fsp3) is 0.174. The van der Waals surface area contributed by atoms with Gasteiger partial charge in [-0.3, -0.25) is 4.31 Å². The summed E-state index contributed by atoms with van der Waals surface area (Å²) in [5, 5.41) is 1.96. The number of hydrogen-bond acceptors (Lipinski definition) is 4. The SMILES string of the molecule is Cc1ccc(S(=O)(=O)N2CCC3=C2C(c2cccc4ccccc24)OC3=O)cc1. The molecule has 5 rings (SSSR count). The van der Waals surface area contributed by atoms with E-state index in [0.717, 1.165) is 21.9 Å². The van der Waals surface area contributed by atoms with E-state index in [1.165, 1.54) is 4.31 Å². The quantitative estimate of drug-likeness (QED) is 0.616. The van der Waals surface area contributed by atoms with Gasteiger partial charge in [-0.15, -0.1) is 0 Å². The van der Waals surface area contributed by atoms with Crippen molar-refractivity contribution in [3.63, 3.8) is 0 Å². The van der Waals surface area contributed by atoms with Crippen LogP contribution in [-0.2, 0) is 19.6 Å². The largest absolute Gasteiger partial charge is 0.448 e. The molecule has 1 atom stereocenters. The van der Waals surface area contributed by atoms with E-state index in [2.05, 4.69) is 0 Å². The van der Waals surface area contributed by atoms with Gasteiger partial charge in [0.05, 0.1) is 16.2 Å². The average molecular weight is 405 g/mol. The van der Waals surface area contributed by atoms with Crippen molar-refractivity contribution >= 4 is 26.8 Å². The molecule has 0 radical (unpaired) electrons. The van der Waals surface area contributed by atoms with Gasteiger partial charge in [-0.1, -0.05) is 60.2 Å². The number of rotatable bonds is 3. The van der Waals surface area contributed by atoms with Gasteiger partial charge in [0.1, 0.15) is 0 Å². The van der Waals surface area contributed by atoms with Crippen molar-refractivity contribution in [1.29, 1.82) is 0 Å². The Bertz CT molecular complexity index is 1270. The number of nitrogens with zero attached hydrogens (tertiary/aromatic N) is 1. The molecular formula is C23H19NO4S. The van der Waals surface area contributed by atoms with Crippen LogP contribution in [0.25, 0.3) is 10.8 Å². The number of hydrogen-bond donors (Lipinski definition) is 0. The van der Waals surface area contributed by atoms with Gasteiger partial charge >= 0.3 is 5.97 Å². The van der Waals surface area contributed by atoms with Gasteiger partial charge in [0.15, 0.2) is 6.10 Å². The topological polar surface area (TPSA) is 63.7 Å². The summed E-state index contributed by atoms with van der Waals surface area (Å²) in [5.74, 6) is -0.431. The maximum absolute atomic E-state index is 13.4. The Labute approximate surface area is 169 Å². The smallest absolute Gasteiger partial charge is 0.337 e. The molecule has 29 heavy (non-hydrogen) atoms. The van der Waals surface area contributed by atoms with Crippen LogP contribution in [0.15, 0.2) is 82.9 Å². The number of cyclic esters (lactones) is 1. The van der Waals surface area contributed by atoms with Crippen LogP contribution in [0.5, 0.6) is 0 Å². The Hall–Kier alpha value is -3.12. The van der Waals surface area contributed by atoms with Crippen LogP contribution < -0.4 is 0 Å². The monoisotopic (exact) mass is 405 g/mol. The first-order chi connectivity index (χ1) is 14.0. The van der Waals surface area contributed by atoms with Crippen LogP contribution in [0.4, 0.5) is 0 Å². The minimum atomic E-state index is -3.78. The van der Waals surface area contributed by atoms with Gasteiger partial charge in [-0.05, 0) is 29.8 Å². The first-order valence-electron chi connectivity index (χ1n) is 9.48. The molecule has 0 aromatic heterocycles. The van der Waals surface area contributed by atoms with E-state index >= 15 is 0 Å². The maximum Gasteiger partial charge on any atom is 0.337 e. The van der Waals surface area contributed by atoms with Crippen LogP contribution in [0.3, 0.4) is 0 Å². The standard InChI is InChI=1S/C23H19NO4S/c1-15-9-11-17(12-10-15)29(26,27)24-14-13-20-21(24)22(28-23(20)25)19-8-4-6-16-5-2-3-7-18(16)19/h2-12,22H,13-14H2,1H3. The van der Waals surface area contributed by atoms with Crippen molar-refractivity contribution in [2.45, 2.75) is 24.3 Å². The van der Waals surface area contributed by atoms with E-state index in [4.69, 9.17) is 4.74 Å². The molecule has 6 heteroatoms. The Morgan fingerprint density at radius 2 is 1.69 bits per heavy atom. The molecule has 1 unspecified atom stereocenters. The third-order valence-corrected chi connectivity index (χ3v) is 7.40. The van der Waals surface area contributed by atoms with Gasteiger partial charge in [0, 0.05) is 18.5 Å². The van der Waals surface area contributed by atoms with Gasteiger partial charge in [-0.2, -0.15) is 0 Å². The van der Waals surface area contributed by atoms with Crippen molar-refractivity contribution in [2.75, 3.05) is 6.54 Å². The zero-order valence-corrected chi connectivity index (χ0v) is 16.6. The average Bonchev–Trinajstić information content (AvgIpc) is 3.30. The molecule has 0 aliphatic carbocycles. The van der Waals surface area contributed by atoms with Gasteiger partial charge in [-0.25, -0.2) is 13.2 Å². The second-order valence-corrected chi connectivity index (χ2v) is 9.22. The molecule has 2 aliphatic heterocycles. The Kier molecular flexibility index (Phi) is 3.99. The lowest BCUT2D eigenvalue weighted by Crippen LogP contribution is -2.30. The summed E-state index contributed by atoms with van der Waals surface area (Å²) in [6.45, 7) is 2.16. The number of esters is 1. The van der Waals surface area contributed by atoms with Crippen molar-refractivity contribution in [1.82, 2.24) is 4.31 Å². The summed E-state index contributed by atoms with van der Waals surface area (Å²) in [4.78, 5) is 12.7. The lowest BCUT2D eigenvalue weighted by molar-refractivity contribution is -0.140. The number of carbonyl (C=O) groups is 1. The highest BCUT2D eigenvalue weighted by Crippen LogP contribution is 2.46. The molecule has 2 heterocycles. The number of ether oxygens (including phenoxy) is 1. The number of fused-ring (bicyclic) bond motifs is 1. The minimum Gasteiger partial charge on any atom is -0.448 e. The predicted octanol–water partition coefficient (Wildman–Crippen LogP) is 4.09. The van der Waals surface area contributed by atoms with E-state index in [-0.39, 0.29) is 11.4 Å². The molecule has 2 aliphatic rings. The summed E-state index contributed by atoms with van der Waals surface area (Å²) in [6, 6.07) is 20.4. The van der Waals surface area contributed by atoms with Gasteiger partial charge in [0.25, 0.3) is 10.0 Å². The molecule has 3 aromatic carbocycles. The lowest BCUT2D eigenvalue weighted by Gasteiger charge is -2.26. The van der Waals surface area contributed by atoms with Crippen LogP contribution in [-0.4, -0.2) is 25.2 Å². The van der Waals surface area contributed by atoms with Gasteiger partial charge in [0.2, 0.25) is 0 Å². The Morgan fingerprint density at radius 1 is 0.966 bits per heavy atom. The second kappa shape index (κ2) is 6.46. The van der Waals surface area contributed by atoms with E-state index in [0.29, 0.717) is 17.7 Å². The number of carbonyl (C=O) groups excluding carboxylic acids is 1. The highest BCUT2D eigenvalue weighted by atomic mass is 32.2. The van der Waals surface area contributed by atoms with E-state index in [1.54, 1.807) is 24.3 Å². The molecule has 0 bridgehead atoms. The molecule has 0 spiro atoms. The first kappa shape index (κ1) is 17.9. The molecule has 5 nitrogen and oxygen atoms in total. The van der Waals surface area contributed by atoms with Crippen LogP contribution >= 0.6 is 0 Å². The molecule has 0 saturated carbocycles. The number of benzene rings is 3.